The van der Waals surface area contributed by atoms with Crippen molar-refractivity contribution in [2.75, 3.05) is 36.7 Å². The van der Waals surface area contributed by atoms with Gasteiger partial charge in [-0.1, -0.05) is 12.1 Å². The molecule has 106 valence electrons. The highest BCUT2D eigenvalue weighted by molar-refractivity contribution is 5.47. The Hall–Kier alpha value is -2.30. The van der Waals surface area contributed by atoms with E-state index in [1.54, 1.807) is 6.20 Å². The van der Waals surface area contributed by atoms with Crippen LogP contribution in [0.3, 0.4) is 0 Å². The van der Waals surface area contributed by atoms with Gasteiger partial charge in [-0.3, -0.25) is 0 Å². The Morgan fingerprint density at radius 1 is 1.15 bits per heavy atom. The van der Waals surface area contributed by atoms with Gasteiger partial charge in [-0.05, 0) is 30.7 Å². The summed E-state index contributed by atoms with van der Waals surface area (Å²) in [6.07, 6.45) is 1.78. The van der Waals surface area contributed by atoms with Crippen molar-refractivity contribution in [1.29, 1.82) is 0 Å². The fourth-order valence-corrected chi connectivity index (χ4v) is 1.99. The van der Waals surface area contributed by atoms with Gasteiger partial charge in [-0.25, -0.2) is 4.98 Å². The summed E-state index contributed by atoms with van der Waals surface area (Å²) < 4.78 is 0. The van der Waals surface area contributed by atoms with E-state index in [9.17, 15) is 0 Å². The van der Waals surface area contributed by atoms with Gasteiger partial charge in [-0.2, -0.15) is 4.98 Å². The second-order valence-corrected chi connectivity index (χ2v) is 5.07. The lowest BCUT2D eigenvalue weighted by Crippen LogP contribution is -2.24. The van der Waals surface area contributed by atoms with Crippen LogP contribution in [0.2, 0.25) is 0 Å². The van der Waals surface area contributed by atoms with E-state index in [1.165, 1.54) is 0 Å². The van der Waals surface area contributed by atoms with Gasteiger partial charge in [0.25, 0.3) is 0 Å². The number of nitrogen functional groups attached to an aromatic ring is 1. The third-order valence-electron chi connectivity index (χ3n) is 3.36. The summed E-state index contributed by atoms with van der Waals surface area (Å²) >= 11 is 0. The first-order chi connectivity index (χ1) is 9.49. The van der Waals surface area contributed by atoms with Crippen LogP contribution in [0.15, 0.2) is 36.5 Å². The number of hydrogen-bond acceptors (Lipinski definition) is 5. The number of rotatable bonds is 4. The largest absolute Gasteiger partial charge is 0.399 e. The van der Waals surface area contributed by atoms with Crippen molar-refractivity contribution < 1.29 is 0 Å². The first-order valence-electron chi connectivity index (χ1n) is 6.57. The molecule has 2 aromatic rings. The Morgan fingerprint density at radius 3 is 2.55 bits per heavy atom. The van der Waals surface area contributed by atoms with Crippen LogP contribution >= 0.6 is 0 Å². The van der Waals surface area contributed by atoms with Crippen molar-refractivity contribution in [3.05, 3.63) is 42.1 Å². The Labute approximate surface area is 120 Å². The Balaban J connectivity index is 2.26. The van der Waals surface area contributed by atoms with Crippen LogP contribution in [-0.2, 0) is 0 Å². The molecule has 0 amide bonds. The first-order valence-corrected chi connectivity index (χ1v) is 6.57. The minimum absolute atomic E-state index is 0.184. The maximum absolute atomic E-state index is 5.85. The second kappa shape index (κ2) is 5.77. The number of aromatic nitrogens is 2. The molecule has 1 heterocycles. The van der Waals surface area contributed by atoms with Gasteiger partial charge in [0.15, 0.2) is 0 Å². The highest BCUT2D eigenvalue weighted by Gasteiger charge is 2.14. The van der Waals surface area contributed by atoms with Crippen LogP contribution in [0.1, 0.15) is 18.5 Å². The van der Waals surface area contributed by atoms with Gasteiger partial charge in [0.05, 0.1) is 6.04 Å². The molecule has 0 saturated heterocycles. The summed E-state index contributed by atoms with van der Waals surface area (Å²) in [5.41, 5.74) is 7.79. The molecule has 20 heavy (non-hydrogen) atoms. The molecule has 1 aromatic carbocycles. The number of benzene rings is 1. The lowest BCUT2D eigenvalue weighted by molar-refractivity contribution is 0.726. The maximum Gasteiger partial charge on any atom is 0.226 e. The summed E-state index contributed by atoms with van der Waals surface area (Å²) in [6.45, 7) is 2.13. The molecule has 0 aliphatic heterocycles. The average molecular weight is 271 g/mol. The molecule has 2 N–H and O–H groups in total. The molecule has 0 bridgehead atoms. The molecule has 0 radical (unpaired) electrons. The van der Waals surface area contributed by atoms with Crippen molar-refractivity contribution in [3.63, 3.8) is 0 Å². The van der Waals surface area contributed by atoms with Gasteiger partial charge in [0.1, 0.15) is 5.82 Å². The van der Waals surface area contributed by atoms with Gasteiger partial charge in [-0.15, -0.1) is 0 Å². The van der Waals surface area contributed by atoms with Gasteiger partial charge in [0.2, 0.25) is 5.95 Å². The normalized spacial score (nSPS) is 12.0. The monoisotopic (exact) mass is 271 g/mol. The fraction of sp³-hybridized carbons (Fsp3) is 0.333. The van der Waals surface area contributed by atoms with Crippen molar-refractivity contribution in [2.45, 2.75) is 13.0 Å². The zero-order chi connectivity index (χ0) is 14.7. The van der Waals surface area contributed by atoms with Crippen LogP contribution in [-0.4, -0.2) is 31.1 Å². The van der Waals surface area contributed by atoms with Gasteiger partial charge < -0.3 is 15.5 Å². The molecule has 5 heteroatoms. The third kappa shape index (κ3) is 2.99. The minimum Gasteiger partial charge on any atom is -0.399 e. The summed E-state index contributed by atoms with van der Waals surface area (Å²) in [7, 11) is 5.89. The van der Waals surface area contributed by atoms with E-state index >= 15 is 0 Å². The van der Waals surface area contributed by atoms with E-state index < -0.39 is 0 Å². The van der Waals surface area contributed by atoms with Crippen molar-refractivity contribution in [1.82, 2.24) is 9.97 Å². The molecule has 5 nitrogen and oxygen atoms in total. The van der Waals surface area contributed by atoms with E-state index in [2.05, 4.69) is 27.9 Å². The molecular weight excluding hydrogens is 250 g/mol. The standard InChI is InChI=1S/C15H21N5/c1-11(12-6-5-7-13(16)10-12)20(4)14-8-9-17-15(18-14)19(2)3/h5-11H,16H2,1-4H3. The Bertz CT molecular complexity index is 582. The molecule has 1 aromatic heterocycles. The van der Waals surface area contributed by atoms with E-state index in [-0.39, 0.29) is 6.04 Å². The van der Waals surface area contributed by atoms with Gasteiger partial charge >= 0.3 is 0 Å². The molecule has 2 rings (SSSR count). The van der Waals surface area contributed by atoms with Crippen molar-refractivity contribution >= 4 is 17.5 Å². The quantitative estimate of drug-likeness (QED) is 0.865. The smallest absolute Gasteiger partial charge is 0.226 e. The maximum atomic E-state index is 5.85. The van der Waals surface area contributed by atoms with Crippen LogP contribution in [0.4, 0.5) is 17.5 Å². The van der Waals surface area contributed by atoms with Crippen LogP contribution in [0, 0.1) is 0 Å². The Morgan fingerprint density at radius 2 is 1.90 bits per heavy atom. The molecule has 1 atom stereocenters. The zero-order valence-corrected chi connectivity index (χ0v) is 12.4. The summed E-state index contributed by atoms with van der Waals surface area (Å²) in [5.74, 6) is 1.59. The second-order valence-electron chi connectivity index (χ2n) is 5.07. The predicted octanol–water partition coefficient (Wildman–Crippen LogP) is 2.32. The number of nitrogens with two attached hydrogens (primary N) is 1. The lowest BCUT2D eigenvalue weighted by Gasteiger charge is -2.27. The van der Waals surface area contributed by atoms with E-state index in [0.717, 1.165) is 17.1 Å². The first kappa shape index (κ1) is 14.1. The van der Waals surface area contributed by atoms with Gasteiger partial charge in [0, 0.05) is 33.0 Å². The SMILES string of the molecule is CC(c1cccc(N)c1)N(C)c1ccnc(N(C)C)n1. The van der Waals surface area contributed by atoms with Crippen molar-refractivity contribution in [3.8, 4) is 0 Å². The highest BCUT2D eigenvalue weighted by Crippen LogP contribution is 2.25. The average Bonchev–Trinajstić information content (AvgIpc) is 2.45. The van der Waals surface area contributed by atoms with Crippen LogP contribution < -0.4 is 15.5 Å². The molecule has 0 aliphatic rings. The predicted molar refractivity (Wildman–Crippen MR) is 84.0 cm³/mol. The van der Waals surface area contributed by atoms with Crippen LogP contribution in [0.25, 0.3) is 0 Å². The molecule has 0 fully saturated rings. The highest BCUT2D eigenvalue weighted by atomic mass is 15.3. The topological polar surface area (TPSA) is 58.3 Å². The minimum atomic E-state index is 0.184. The number of hydrogen-bond donors (Lipinski definition) is 1. The molecule has 0 spiro atoms. The molecule has 1 unspecified atom stereocenters. The molecule has 0 saturated carbocycles. The lowest BCUT2D eigenvalue weighted by atomic mass is 10.1. The Kier molecular flexibility index (Phi) is 4.08. The van der Waals surface area contributed by atoms with E-state index in [0.29, 0.717) is 5.95 Å². The summed E-state index contributed by atoms with van der Waals surface area (Å²) in [4.78, 5) is 12.8. The number of nitrogens with zero attached hydrogens (tertiary/aromatic N) is 4. The van der Waals surface area contributed by atoms with E-state index in [4.69, 9.17) is 5.73 Å². The molecule has 0 aliphatic carbocycles. The van der Waals surface area contributed by atoms with Crippen molar-refractivity contribution in [2.24, 2.45) is 0 Å². The third-order valence-corrected chi connectivity index (χ3v) is 3.36. The summed E-state index contributed by atoms with van der Waals surface area (Å²) in [6, 6.07) is 10.0. The van der Waals surface area contributed by atoms with Crippen LogP contribution in [0.5, 0.6) is 0 Å². The summed E-state index contributed by atoms with van der Waals surface area (Å²) in [5, 5.41) is 0. The molecular formula is C15H21N5. The number of anilines is 3. The zero-order valence-electron chi connectivity index (χ0n) is 12.4. The van der Waals surface area contributed by atoms with E-state index in [1.807, 2.05) is 50.3 Å². The fourth-order valence-electron chi connectivity index (χ4n) is 1.99.